The lowest BCUT2D eigenvalue weighted by atomic mass is 10.2. The van der Waals surface area contributed by atoms with Crippen LogP contribution in [0.15, 0.2) is 24.3 Å². The van der Waals surface area contributed by atoms with Crippen molar-refractivity contribution < 1.29 is 4.79 Å². The number of hydrogen-bond acceptors (Lipinski definition) is 1. The molecule has 0 aliphatic heterocycles. The van der Waals surface area contributed by atoms with E-state index < -0.39 is 0 Å². The maximum Gasteiger partial charge on any atom is 0.159 e. The van der Waals surface area contributed by atoms with E-state index in [1.54, 1.807) is 24.3 Å². The number of ketones is 1. The highest BCUT2D eigenvalue weighted by atomic mass is 79.9. The average molecular weight is 236 g/mol. The molecule has 0 saturated carbocycles. The quantitative estimate of drug-likeness (QED) is 0.684. The summed E-state index contributed by atoms with van der Waals surface area (Å²) >= 11 is 5.64. The van der Waals surface area contributed by atoms with Crippen molar-refractivity contribution >= 4 is 34.4 Å². The third kappa shape index (κ3) is 3.04. The molecule has 1 nitrogen and oxygen atoms in total. The third-order valence-corrected chi connectivity index (χ3v) is 1.47. The molecule has 0 radical (unpaired) electrons. The van der Waals surface area contributed by atoms with Gasteiger partial charge in [-0.2, -0.15) is 0 Å². The van der Waals surface area contributed by atoms with Crippen molar-refractivity contribution in [3.8, 4) is 0 Å². The van der Waals surface area contributed by atoms with Crippen LogP contribution >= 0.6 is 28.6 Å². The monoisotopic (exact) mass is 234 g/mol. The molecule has 0 fully saturated rings. The zero-order valence-corrected chi connectivity index (χ0v) is 8.47. The van der Waals surface area contributed by atoms with Crippen molar-refractivity contribution in [2.24, 2.45) is 0 Å². The van der Waals surface area contributed by atoms with E-state index in [-0.39, 0.29) is 22.8 Å². The summed E-state index contributed by atoms with van der Waals surface area (Å²) in [6.07, 6.45) is 0. The first kappa shape index (κ1) is 10.7. The van der Waals surface area contributed by atoms with Gasteiger partial charge in [0.1, 0.15) is 0 Å². The summed E-state index contributed by atoms with van der Waals surface area (Å²) in [6.45, 7) is 1.52. The second-order valence-corrected chi connectivity index (χ2v) is 2.50. The SMILES string of the molecule is Br.CC(=O)c1cccc(Cl)c1. The van der Waals surface area contributed by atoms with E-state index in [0.29, 0.717) is 10.6 Å². The first-order valence-corrected chi connectivity index (χ1v) is 3.34. The zero-order chi connectivity index (χ0) is 7.56. The van der Waals surface area contributed by atoms with E-state index >= 15 is 0 Å². The minimum atomic E-state index is 0. The zero-order valence-electron chi connectivity index (χ0n) is 6.00. The van der Waals surface area contributed by atoms with E-state index in [1.807, 2.05) is 0 Å². The van der Waals surface area contributed by atoms with Gasteiger partial charge in [0.25, 0.3) is 0 Å². The third-order valence-electron chi connectivity index (χ3n) is 1.23. The maximum absolute atomic E-state index is 10.7. The highest BCUT2D eigenvalue weighted by Crippen LogP contribution is 2.10. The number of hydrogen-bond donors (Lipinski definition) is 0. The highest BCUT2D eigenvalue weighted by molar-refractivity contribution is 8.93. The summed E-state index contributed by atoms with van der Waals surface area (Å²) < 4.78 is 0. The van der Waals surface area contributed by atoms with Gasteiger partial charge in [0.2, 0.25) is 0 Å². The highest BCUT2D eigenvalue weighted by Gasteiger charge is 1.96. The van der Waals surface area contributed by atoms with E-state index in [0.717, 1.165) is 0 Å². The van der Waals surface area contributed by atoms with Crippen LogP contribution in [0.2, 0.25) is 5.02 Å². The molecule has 0 aliphatic carbocycles. The molecule has 11 heavy (non-hydrogen) atoms. The molecule has 0 unspecified atom stereocenters. The molecule has 60 valence electrons. The summed E-state index contributed by atoms with van der Waals surface area (Å²) in [5, 5.41) is 0.604. The van der Waals surface area contributed by atoms with E-state index in [9.17, 15) is 4.79 Å². The molecule has 0 N–H and O–H groups in total. The molecule has 1 rings (SSSR count). The second-order valence-electron chi connectivity index (χ2n) is 2.07. The summed E-state index contributed by atoms with van der Waals surface area (Å²) in [5.74, 6) is 0.0440. The molecule has 1 aromatic rings. The lowest BCUT2D eigenvalue weighted by Crippen LogP contribution is -1.89. The Hall–Kier alpha value is -0.340. The normalized spacial score (nSPS) is 8.55. The molecule has 1 aromatic carbocycles. The number of rotatable bonds is 1. The molecule has 0 aromatic heterocycles. The van der Waals surface area contributed by atoms with Crippen molar-refractivity contribution in [3.63, 3.8) is 0 Å². The maximum atomic E-state index is 10.7. The molecule has 0 aliphatic rings. The molecule has 0 heterocycles. The first-order chi connectivity index (χ1) is 4.70. The topological polar surface area (TPSA) is 17.1 Å². The molecule has 0 bridgehead atoms. The van der Waals surface area contributed by atoms with Crippen molar-refractivity contribution in [3.05, 3.63) is 34.9 Å². The Balaban J connectivity index is 0.000001000. The molecule has 3 heteroatoms. The van der Waals surface area contributed by atoms with Crippen LogP contribution in [0.3, 0.4) is 0 Å². The van der Waals surface area contributed by atoms with E-state index in [4.69, 9.17) is 11.6 Å². The van der Waals surface area contributed by atoms with E-state index in [1.165, 1.54) is 6.92 Å². The van der Waals surface area contributed by atoms with Gasteiger partial charge in [-0.15, -0.1) is 17.0 Å². The number of carbonyl (C=O) groups excluding carboxylic acids is 1. The van der Waals surface area contributed by atoms with Gasteiger partial charge in [-0.25, -0.2) is 0 Å². The van der Waals surface area contributed by atoms with Gasteiger partial charge in [-0.3, -0.25) is 4.79 Å². The minimum Gasteiger partial charge on any atom is -0.295 e. The van der Waals surface area contributed by atoms with Crippen LogP contribution < -0.4 is 0 Å². The molecule has 0 atom stereocenters. The Morgan fingerprint density at radius 2 is 2.09 bits per heavy atom. The van der Waals surface area contributed by atoms with Gasteiger partial charge >= 0.3 is 0 Å². The fourth-order valence-corrected chi connectivity index (χ4v) is 0.898. The van der Waals surface area contributed by atoms with Gasteiger partial charge < -0.3 is 0 Å². The number of benzene rings is 1. The van der Waals surface area contributed by atoms with Crippen LogP contribution in [0.4, 0.5) is 0 Å². The Kier molecular flexibility index (Phi) is 4.38. The summed E-state index contributed by atoms with van der Waals surface area (Å²) in [6, 6.07) is 6.91. The molecule has 0 amide bonds. The molecular weight excluding hydrogens is 227 g/mol. The smallest absolute Gasteiger partial charge is 0.159 e. The number of halogens is 2. The van der Waals surface area contributed by atoms with Crippen LogP contribution in [0.25, 0.3) is 0 Å². The van der Waals surface area contributed by atoms with Crippen molar-refractivity contribution in [2.45, 2.75) is 6.92 Å². The second kappa shape index (κ2) is 4.52. The van der Waals surface area contributed by atoms with Gasteiger partial charge in [-0.1, -0.05) is 23.7 Å². The van der Waals surface area contributed by atoms with Crippen molar-refractivity contribution in [1.82, 2.24) is 0 Å². The van der Waals surface area contributed by atoms with Crippen molar-refractivity contribution in [1.29, 1.82) is 0 Å². The molecule has 0 spiro atoms. The van der Waals surface area contributed by atoms with Crippen LogP contribution in [-0.4, -0.2) is 5.78 Å². The van der Waals surface area contributed by atoms with Gasteiger partial charge in [0, 0.05) is 10.6 Å². The Morgan fingerprint density at radius 3 is 2.45 bits per heavy atom. The van der Waals surface area contributed by atoms with Crippen LogP contribution in [0.1, 0.15) is 17.3 Å². The van der Waals surface area contributed by atoms with E-state index in [2.05, 4.69) is 0 Å². The number of carbonyl (C=O) groups is 1. The lowest BCUT2D eigenvalue weighted by Gasteiger charge is -1.93. The minimum absolute atomic E-state index is 0. The Morgan fingerprint density at radius 1 is 1.45 bits per heavy atom. The van der Waals surface area contributed by atoms with Gasteiger partial charge in [0.05, 0.1) is 0 Å². The predicted octanol–water partition coefficient (Wildman–Crippen LogP) is 3.12. The average Bonchev–Trinajstić information content (AvgIpc) is 1.88. The molecular formula is C8H8BrClO. The summed E-state index contributed by atoms with van der Waals surface area (Å²) in [4.78, 5) is 10.7. The Labute approximate surface area is 81.1 Å². The fraction of sp³-hybridized carbons (Fsp3) is 0.125. The summed E-state index contributed by atoms with van der Waals surface area (Å²) in [7, 11) is 0. The lowest BCUT2D eigenvalue weighted by molar-refractivity contribution is 0.101. The predicted molar refractivity (Wildman–Crippen MR) is 51.8 cm³/mol. The van der Waals surface area contributed by atoms with Gasteiger partial charge in [-0.05, 0) is 19.1 Å². The standard InChI is InChI=1S/C8H7ClO.BrH/c1-6(10)7-3-2-4-8(9)5-7;/h2-5H,1H3;1H. The van der Waals surface area contributed by atoms with Gasteiger partial charge in [0.15, 0.2) is 5.78 Å². The number of Topliss-reactive ketones (excluding diaryl/α,β-unsaturated/α-hetero) is 1. The first-order valence-electron chi connectivity index (χ1n) is 2.96. The van der Waals surface area contributed by atoms with Crippen LogP contribution in [-0.2, 0) is 0 Å². The fourth-order valence-electron chi connectivity index (χ4n) is 0.707. The summed E-state index contributed by atoms with van der Waals surface area (Å²) in [5.41, 5.74) is 0.660. The van der Waals surface area contributed by atoms with Crippen LogP contribution in [0, 0.1) is 0 Å². The molecule has 0 saturated heterocycles. The Bertz CT molecular complexity index is 260. The van der Waals surface area contributed by atoms with Crippen LogP contribution in [0.5, 0.6) is 0 Å². The largest absolute Gasteiger partial charge is 0.295 e. The van der Waals surface area contributed by atoms with Crippen molar-refractivity contribution in [2.75, 3.05) is 0 Å².